The normalized spacial score (nSPS) is 18.6. The fraction of sp³-hybridized carbons (Fsp3) is 0.529. The van der Waals surface area contributed by atoms with Crippen molar-refractivity contribution in [3.8, 4) is 0 Å². The summed E-state index contributed by atoms with van der Waals surface area (Å²) in [7, 11) is 0. The topological polar surface area (TPSA) is 49.4 Å². The van der Waals surface area contributed by atoms with Gasteiger partial charge in [-0.05, 0) is 53.6 Å². The predicted molar refractivity (Wildman–Crippen MR) is 90.6 cm³/mol. The van der Waals surface area contributed by atoms with Crippen LogP contribution in [0, 0.1) is 5.92 Å². The highest BCUT2D eigenvalue weighted by Crippen LogP contribution is 2.17. The maximum absolute atomic E-state index is 12.2. The lowest BCUT2D eigenvalue weighted by Gasteiger charge is -2.32. The first-order chi connectivity index (χ1) is 10.7. The molecule has 2 rings (SSSR count). The molecule has 0 bridgehead atoms. The van der Waals surface area contributed by atoms with Gasteiger partial charge in [0.05, 0.1) is 0 Å². The second-order valence-corrected chi connectivity index (χ2v) is 6.52. The molecule has 2 heterocycles. The third kappa shape index (κ3) is 5.30. The van der Waals surface area contributed by atoms with Crippen molar-refractivity contribution in [1.29, 1.82) is 0 Å². The Morgan fingerprint density at radius 2 is 2.36 bits per heavy atom. The molecule has 0 radical (unpaired) electrons. The third-order valence-corrected chi connectivity index (χ3v) is 4.56. The summed E-state index contributed by atoms with van der Waals surface area (Å²) in [5.74, 6) is 0.548. The van der Waals surface area contributed by atoms with Gasteiger partial charge in [-0.1, -0.05) is 6.92 Å². The first-order valence-electron chi connectivity index (χ1n) is 7.95. The number of nitrogens with zero attached hydrogens (tertiary/aromatic N) is 1. The van der Waals surface area contributed by atoms with Gasteiger partial charge in [-0.2, -0.15) is 11.3 Å². The average molecular weight is 320 g/mol. The van der Waals surface area contributed by atoms with Crippen LogP contribution in [0.1, 0.15) is 38.2 Å². The number of carbonyl (C=O) groups is 2. The Hall–Kier alpha value is -1.62. The quantitative estimate of drug-likeness (QED) is 0.819. The van der Waals surface area contributed by atoms with E-state index in [-0.39, 0.29) is 11.8 Å². The highest BCUT2D eigenvalue weighted by molar-refractivity contribution is 7.08. The van der Waals surface area contributed by atoms with Crippen LogP contribution in [0.2, 0.25) is 0 Å². The largest absolute Gasteiger partial charge is 0.356 e. The number of thiophene rings is 1. The van der Waals surface area contributed by atoms with Crippen LogP contribution in [-0.4, -0.2) is 36.3 Å². The van der Waals surface area contributed by atoms with Gasteiger partial charge < -0.3 is 10.2 Å². The number of rotatable bonds is 6. The van der Waals surface area contributed by atoms with E-state index in [1.54, 1.807) is 17.4 Å². The van der Waals surface area contributed by atoms with E-state index in [1.165, 1.54) is 0 Å². The summed E-state index contributed by atoms with van der Waals surface area (Å²) in [4.78, 5) is 25.7. The molecule has 120 valence electrons. The van der Waals surface area contributed by atoms with Crippen molar-refractivity contribution in [2.45, 2.75) is 32.6 Å². The maximum atomic E-state index is 12.2. The molecule has 1 fully saturated rings. The number of hydrogen-bond acceptors (Lipinski definition) is 3. The van der Waals surface area contributed by atoms with Gasteiger partial charge in [-0.15, -0.1) is 0 Å². The number of piperidine rings is 1. The first kappa shape index (κ1) is 16.7. The van der Waals surface area contributed by atoms with Crippen LogP contribution in [-0.2, 0) is 9.59 Å². The van der Waals surface area contributed by atoms with Crippen molar-refractivity contribution in [3.05, 3.63) is 28.5 Å². The Morgan fingerprint density at radius 1 is 1.50 bits per heavy atom. The van der Waals surface area contributed by atoms with Crippen molar-refractivity contribution in [1.82, 2.24) is 10.2 Å². The maximum Gasteiger partial charge on any atom is 0.246 e. The third-order valence-electron chi connectivity index (χ3n) is 3.86. The van der Waals surface area contributed by atoms with E-state index in [0.717, 1.165) is 37.9 Å². The molecule has 1 atom stereocenters. The van der Waals surface area contributed by atoms with Crippen LogP contribution in [0.5, 0.6) is 0 Å². The lowest BCUT2D eigenvalue weighted by molar-refractivity contribution is -0.127. The lowest BCUT2D eigenvalue weighted by Crippen LogP contribution is -2.43. The fourth-order valence-corrected chi connectivity index (χ4v) is 3.28. The Bertz CT molecular complexity index is 511. The molecule has 1 aromatic rings. The summed E-state index contributed by atoms with van der Waals surface area (Å²) in [6.45, 7) is 4.22. The zero-order valence-electron chi connectivity index (χ0n) is 13.1. The van der Waals surface area contributed by atoms with Crippen LogP contribution < -0.4 is 5.32 Å². The molecule has 0 aromatic carbocycles. The van der Waals surface area contributed by atoms with Gasteiger partial charge in [-0.25, -0.2) is 0 Å². The van der Waals surface area contributed by atoms with Gasteiger partial charge in [0.25, 0.3) is 0 Å². The van der Waals surface area contributed by atoms with Crippen molar-refractivity contribution < 1.29 is 9.59 Å². The van der Waals surface area contributed by atoms with Gasteiger partial charge in [0.15, 0.2) is 0 Å². The Kier molecular flexibility index (Phi) is 6.65. The molecular weight excluding hydrogens is 296 g/mol. The Morgan fingerprint density at radius 3 is 3.09 bits per heavy atom. The summed E-state index contributed by atoms with van der Waals surface area (Å²) in [6.07, 6.45) is 7.05. The summed E-state index contributed by atoms with van der Waals surface area (Å²) in [5, 5.41) is 6.99. The van der Waals surface area contributed by atoms with E-state index in [4.69, 9.17) is 0 Å². The van der Waals surface area contributed by atoms with Crippen molar-refractivity contribution >= 4 is 29.2 Å². The smallest absolute Gasteiger partial charge is 0.246 e. The van der Waals surface area contributed by atoms with Gasteiger partial charge >= 0.3 is 0 Å². The predicted octanol–water partition coefficient (Wildman–Crippen LogP) is 2.92. The van der Waals surface area contributed by atoms with Crippen LogP contribution >= 0.6 is 11.3 Å². The number of carbonyl (C=O) groups excluding carboxylic acids is 2. The second kappa shape index (κ2) is 8.73. The monoisotopic (exact) mass is 320 g/mol. The van der Waals surface area contributed by atoms with Gasteiger partial charge in [0.1, 0.15) is 0 Å². The van der Waals surface area contributed by atoms with E-state index < -0.39 is 0 Å². The molecule has 1 N–H and O–H groups in total. The first-order valence-corrected chi connectivity index (χ1v) is 8.89. The Labute approximate surface area is 136 Å². The van der Waals surface area contributed by atoms with E-state index in [9.17, 15) is 9.59 Å². The molecule has 5 heteroatoms. The van der Waals surface area contributed by atoms with E-state index >= 15 is 0 Å². The van der Waals surface area contributed by atoms with Gasteiger partial charge in [0.2, 0.25) is 11.8 Å². The van der Waals surface area contributed by atoms with Crippen LogP contribution in [0.4, 0.5) is 0 Å². The highest BCUT2D eigenvalue weighted by Gasteiger charge is 2.22. The minimum atomic E-state index is 0.0655. The SMILES string of the molecule is CCCC(=O)NC[C@H]1CCCN(C(=O)/C=C/c2ccsc2)C1. The van der Waals surface area contributed by atoms with Crippen molar-refractivity contribution in [2.75, 3.05) is 19.6 Å². The van der Waals surface area contributed by atoms with Crippen LogP contribution in [0.25, 0.3) is 6.08 Å². The van der Waals surface area contributed by atoms with Gasteiger partial charge in [-0.3, -0.25) is 9.59 Å². The van der Waals surface area contributed by atoms with Gasteiger partial charge in [0, 0.05) is 32.1 Å². The average Bonchev–Trinajstić information content (AvgIpc) is 3.04. The standard InChI is InChI=1S/C17H24N2O2S/c1-2-4-16(20)18-11-15-5-3-9-19(12-15)17(21)7-6-14-8-10-22-13-14/h6-8,10,13,15H,2-5,9,11-12H2,1H3,(H,18,20)/b7-6+/t15-/m1/s1. The minimum absolute atomic E-state index is 0.0655. The molecule has 0 spiro atoms. The molecular formula is C17H24N2O2S. The molecule has 0 aliphatic carbocycles. The number of likely N-dealkylation sites (tertiary alicyclic amines) is 1. The minimum Gasteiger partial charge on any atom is -0.356 e. The molecule has 2 amide bonds. The van der Waals surface area contributed by atoms with E-state index in [1.807, 2.05) is 34.7 Å². The summed E-state index contributed by atoms with van der Waals surface area (Å²) in [6, 6.07) is 2.00. The molecule has 4 nitrogen and oxygen atoms in total. The van der Waals surface area contributed by atoms with Crippen LogP contribution in [0.15, 0.2) is 22.9 Å². The highest BCUT2D eigenvalue weighted by atomic mass is 32.1. The summed E-state index contributed by atoms with van der Waals surface area (Å²) >= 11 is 1.62. The number of nitrogens with one attached hydrogen (secondary N) is 1. The second-order valence-electron chi connectivity index (χ2n) is 5.74. The van der Waals surface area contributed by atoms with E-state index in [0.29, 0.717) is 18.9 Å². The molecule has 0 unspecified atom stereocenters. The molecule has 1 aliphatic rings. The molecule has 22 heavy (non-hydrogen) atoms. The van der Waals surface area contributed by atoms with E-state index in [2.05, 4.69) is 5.32 Å². The van der Waals surface area contributed by atoms with Crippen molar-refractivity contribution in [3.63, 3.8) is 0 Å². The molecule has 1 aliphatic heterocycles. The molecule has 0 saturated carbocycles. The zero-order chi connectivity index (χ0) is 15.8. The fourth-order valence-electron chi connectivity index (χ4n) is 2.65. The number of hydrogen-bond donors (Lipinski definition) is 1. The zero-order valence-corrected chi connectivity index (χ0v) is 13.9. The Balaban J connectivity index is 1.79. The number of amides is 2. The van der Waals surface area contributed by atoms with Crippen LogP contribution in [0.3, 0.4) is 0 Å². The van der Waals surface area contributed by atoms with Crippen molar-refractivity contribution in [2.24, 2.45) is 5.92 Å². The lowest BCUT2D eigenvalue weighted by atomic mass is 9.97. The summed E-state index contributed by atoms with van der Waals surface area (Å²) < 4.78 is 0. The summed E-state index contributed by atoms with van der Waals surface area (Å²) in [5.41, 5.74) is 1.07. The molecule has 1 saturated heterocycles. The molecule has 1 aromatic heterocycles.